The monoisotopic (exact) mass is 185 g/mol. The van der Waals surface area contributed by atoms with Gasteiger partial charge in [-0.2, -0.15) is 0 Å². The fourth-order valence-electron chi connectivity index (χ4n) is 0.783. The van der Waals surface area contributed by atoms with Crippen LogP contribution in [0.2, 0.25) is 0 Å². The van der Waals surface area contributed by atoms with Crippen molar-refractivity contribution in [1.82, 2.24) is 0 Å². The van der Waals surface area contributed by atoms with Crippen LogP contribution < -0.4 is 5.73 Å². The fourth-order valence-corrected chi connectivity index (χ4v) is 2.35. The quantitative estimate of drug-likeness (QED) is 0.576. The van der Waals surface area contributed by atoms with Gasteiger partial charge in [0.05, 0.1) is 10.5 Å². The Hall–Kier alpha value is 0.200. The number of nitrogens with two attached hydrogens (primary N) is 1. The first-order valence-electron chi connectivity index (χ1n) is 2.86. The molecule has 0 aliphatic carbocycles. The van der Waals surface area contributed by atoms with Gasteiger partial charge in [0.2, 0.25) is 0 Å². The third kappa shape index (κ3) is 1.04. The number of halogens is 1. The topological polar surface area (TPSA) is 60.2 Å². The summed E-state index contributed by atoms with van der Waals surface area (Å²) in [5, 5.41) is 0. The van der Waals surface area contributed by atoms with Crippen LogP contribution in [-0.4, -0.2) is 25.0 Å². The molecule has 0 spiro atoms. The largest absolute Gasteiger partial charge is 0.325 e. The molecule has 0 bridgehead atoms. The van der Waals surface area contributed by atoms with Crippen LogP contribution in [0.5, 0.6) is 0 Å². The standard InChI is InChI=1S/C5H11NO2S.ClH/c1-5(2)4(6)3-9(5,7)8;/h4H,3,6H2,1-2H3;1H. The predicted molar refractivity (Wildman–Crippen MR) is 43.1 cm³/mol. The summed E-state index contributed by atoms with van der Waals surface area (Å²) in [6.07, 6.45) is 0. The Labute approximate surface area is 67.3 Å². The van der Waals surface area contributed by atoms with Gasteiger partial charge in [0.25, 0.3) is 0 Å². The molecule has 5 heteroatoms. The van der Waals surface area contributed by atoms with Gasteiger partial charge in [0.1, 0.15) is 0 Å². The van der Waals surface area contributed by atoms with Crippen molar-refractivity contribution in [2.75, 3.05) is 5.75 Å². The van der Waals surface area contributed by atoms with Crippen LogP contribution in [0.1, 0.15) is 13.8 Å². The molecule has 0 aromatic carbocycles. The van der Waals surface area contributed by atoms with Crippen molar-refractivity contribution in [1.29, 1.82) is 0 Å². The van der Waals surface area contributed by atoms with Crippen LogP contribution in [0.25, 0.3) is 0 Å². The Morgan fingerprint density at radius 2 is 1.90 bits per heavy atom. The lowest BCUT2D eigenvalue weighted by Crippen LogP contribution is -2.64. The second-order valence-electron chi connectivity index (χ2n) is 2.99. The van der Waals surface area contributed by atoms with E-state index < -0.39 is 14.6 Å². The third-order valence-electron chi connectivity index (χ3n) is 2.09. The highest BCUT2D eigenvalue weighted by molar-refractivity contribution is 7.94. The van der Waals surface area contributed by atoms with E-state index in [-0.39, 0.29) is 24.2 Å². The van der Waals surface area contributed by atoms with Gasteiger partial charge in [-0.15, -0.1) is 12.4 Å². The summed E-state index contributed by atoms with van der Waals surface area (Å²) < 4.78 is 21.1. The minimum Gasteiger partial charge on any atom is -0.325 e. The molecule has 1 fully saturated rings. The molecule has 0 saturated carbocycles. The molecule has 1 atom stereocenters. The molecule has 0 amide bonds. The number of hydrogen-bond donors (Lipinski definition) is 1. The average Bonchev–Trinajstić information content (AvgIpc) is 1.65. The maximum Gasteiger partial charge on any atom is 0.158 e. The first-order chi connectivity index (χ1) is 3.88. The van der Waals surface area contributed by atoms with Gasteiger partial charge in [0.15, 0.2) is 9.84 Å². The highest BCUT2D eigenvalue weighted by Crippen LogP contribution is 2.31. The molecule has 1 heterocycles. The molecule has 0 radical (unpaired) electrons. The fraction of sp³-hybridized carbons (Fsp3) is 1.00. The van der Waals surface area contributed by atoms with Crippen LogP contribution in [-0.2, 0) is 9.84 Å². The SMILES string of the molecule is CC1(C)C(N)CS1(=O)=O.Cl. The van der Waals surface area contributed by atoms with E-state index >= 15 is 0 Å². The smallest absolute Gasteiger partial charge is 0.158 e. The normalized spacial score (nSPS) is 33.7. The number of hydrogen-bond acceptors (Lipinski definition) is 3. The summed E-state index contributed by atoms with van der Waals surface area (Å²) in [6, 6.07) is -0.164. The van der Waals surface area contributed by atoms with Crippen molar-refractivity contribution < 1.29 is 8.42 Å². The predicted octanol–water partition coefficient (Wildman–Crippen LogP) is -0.0575. The van der Waals surface area contributed by atoms with Crippen molar-refractivity contribution in [3.05, 3.63) is 0 Å². The summed E-state index contributed by atoms with van der Waals surface area (Å²) in [5.41, 5.74) is 5.45. The molecule has 2 N–H and O–H groups in total. The van der Waals surface area contributed by atoms with Crippen LogP contribution >= 0.6 is 12.4 Å². The molecule has 0 aromatic heterocycles. The highest BCUT2D eigenvalue weighted by Gasteiger charge is 2.51. The van der Waals surface area contributed by atoms with Crippen molar-refractivity contribution >= 4 is 22.2 Å². The van der Waals surface area contributed by atoms with Crippen LogP contribution in [0, 0.1) is 0 Å². The van der Waals surface area contributed by atoms with Crippen molar-refractivity contribution in [2.45, 2.75) is 24.6 Å². The van der Waals surface area contributed by atoms with Crippen LogP contribution in [0.3, 0.4) is 0 Å². The Kier molecular flexibility index (Phi) is 2.40. The van der Waals surface area contributed by atoms with Gasteiger partial charge in [-0.1, -0.05) is 0 Å². The molecule has 1 rings (SSSR count). The molecule has 0 aromatic rings. The van der Waals surface area contributed by atoms with E-state index in [2.05, 4.69) is 0 Å². The lowest BCUT2D eigenvalue weighted by atomic mass is 10.1. The van der Waals surface area contributed by atoms with E-state index in [1.54, 1.807) is 13.8 Å². The lowest BCUT2D eigenvalue weighted by molar-refractivity contribution is 0.449. The summed E-state index contributed by atoms with van der Waals surface area (Å²) >= 11 is 0. The van der Waals surface area contributed by atoms with Gasteiger partial charge in [-0.25, -0.2) is 8.42 Å². The first-order valence-corrected chi connectivity index (χ1v) is 4.51. The van der Waals surface area contributed by atoms with Crippen LogP contribution in [0.15, 0.2) is 0 Å². The molecular formula is C5H12ClNO2S. The summed E-state index contributed by atoms with van der Waals surface area (Å²) in [4.78, 5) is 0. The van der Waals surface area contributed by atoms with E-state index in [9.17, 15) is 8.42 Å². The van der Waals surface area contributed by atoms with Crippen LogP contribution in [0.4, 0.5) is 0 Å². The summed E-state index contributed by atoms with van der Waals surface area (Å²) in [6.45, 7) is 3.33. The molecule has 62 valence electrons. The Morgan fingerprint density at radius 1 is 1.50 bits per heavy atom. The van der Waals surface area contributed by atoms with Crippen molar-refractivity contribution in [3.63, 3.8) is 0 Å². The molecule has 1 aliphatic rings. The van der Waals surface area contributed by atoms with Crippen molar-refractivity contribution in [2.24, 2.45) is 5.73 Å². The zero-order valence-electron chi connectivity index (χ0n) is 5.99. The zero-order valence-corrected chi connectivity index (χ0v) is 7.63. The maximum absolute atomic E-state index is 10.9. The lowest BCUT2D eigenvalue weighted by Gasteiger charge is -2.40. The molecular weight excluding hydrogens is 174 g/mol. The minimum absolute atomic E-state index is 0. The second kappa shape index (κ2) is 2.36. The number of rotatable bonds is 0. The van der Waals surface area contributed by atoms with E-state index in [0.29, 0.717) is 0 Å². The molecule has 3 nitrogen and oxygen atoms in total. The highest BCUT2D eigenvalue weighted by atomic mass is 35.5. The van der Waals surface area contributed by atoms with E-state index in [1.165, 1.54) is 0 Å². The molecule has 10 heavy (non-hydrogen) atoms. The maximum atomic E-state index is 10.9. The summed E-state index contributed by atoms with van der Waals surface area (Å²) in [5.74, 6) is 0.153. The molecule has 1 aliphatic heterocycles. The van der Waals surface area contributed by atoms with Gasteiger partial charge in [-0.3, -0.25) is 0 Å². The van der Waals surface area contributed by atoms with Gasteiger partial charge < -0.3 is 5.73 Å². The van der Waals surface area contributed by atoms with E-state index in [4.69, 9.17) is 5.73 Å². The summed E-state index contributed by atoms with van der Waals surface area (Å²) in [7, 11) is -2.83. The van der Waals surface area contributed by atoms with Crippen molar-refractivity contribution in [3.8, 4) is 0 Å². The average molecular weight is 186 g/mol. The van der Waals surface area contributed by atoms with Gasteiger partial charge in [-0.05, 0) is 13.8 Å². The van der Waals surface area contributed by atoms with Gasteiger partial charge >= 0.3 is 0 Å². The second-order valence-corrected chi connectivity index (χ2v) is 5.61. The zero-order chi connectivity index (χ0) is 7.28. The van der Waals surface area contributed by atoms with E-state index in [1.807, 2.05) is 0 Å². The Morgan fingerprint density at radius 3 is 1.90 bits per heavy atom. The first kappa shape index (κ1) is 10.2. The Bertz CT molecular complexity index is 222. The molecule has 1 unspecified atom stereocenters. The minimum atomic E-state index is -2.83. The molecule has 1 saturated heterocycles. The third-order valence-corrected chi connectivity index (χ3v) is 4.80. The van der Waals surface area contributed by atoms with E-state index in [0.717, 1.165) is 0 Å². The van der Waals surface area contributed by atoms with Gasteiger partial charge in [0, 0.05) is 6.04 Å². The number of sulfone groups is 1. The Balaban J connectivity index is 0.000000810.